The van der Waals surface area contributed by atoms with E-state index >= 15 is 0 Å². The van der Waals surface area contributed by atoms with Crippen LogP contribution in [0.5, 0.6) is 0 Å². The van der Waals surface area contributed by atoms with Crippen molar-refractivity contribution in [2.24, 2.45) is 5.41 Å². The Bertz CT molecular complexity index is 343. The van der Waals surface area contributed by atoms with Gasteiger partial charge in [-0.2, -0.15) is 0 Å². The lowest BCUT2D eigenvalue weighted by molar-refractivity contribution is -0.173. The minimum atomic E-state index is -1.23. The number of hydrogen-bond acceptors (Lipinski definition) is 5. The van der Waals surface area contributed by atoms with Crippen LogP contribution < -0.4 is 0 Å². The van der Waals surface area contributed by atoms with Gasteiger partial charge >= 0.3 is 11.9 Å². The van der Waals surface area contributed by atoms with Crippen LogP contribution in [-0.2, 0) is 23.9 Å². The third-order valence-corrected chi connectivity index (χ3v) is 3.70. The summed E-state index contributed by atoms with van der Waals surface area (Å²) >= 11 is 0. The molecular formula is C15H24O5. The van der Waals surface area contributed by atoms with Gasteiger partial charge in [-0.05, 0) is 39.5 Å². The minimum absolute atomic E-state index is 0.202. The molecule has 0 amide bonds. The molecule has 1 fully saturated rings. The molecule has 0 heterocycles. The standard InChI is InChI=1S/C15H24O5/c1-3-19-13(17)15(14(18)20-4-2)10-6-5-8-12(16)9-7-11-15/h3-11H2,1-2H3. The molecule has 5 nitrogen and oxygen atoms in total. The number of hydrogen-bond donors (Lipinski definition) is 0. The average Bonchev–Trinajstić information content (AvgIpc) is 2.50. The van der Waals surface area contributed by atoms with Gasteiger partial charge < -0.3 is 9.47 Å². The molecule has 0 spiro atoms. The van der Waals surface area contributed by atoms with E-state index in [1.807, 2.05) is 0 Å². The number of ether oxygens (including phenoxy) is 2. The molecule has 0 radical (unpaired) electrons. The summed E-state index contributed by atoms with van der Waals surface area (Å²) in [5.41, 5.74) is -1.23. The molecule has 1 rings (SSSR count). The topological polar surface area (TPSA) is 69.7 Å². The molecule has 0 aliphatic heterocycles. The third kappa shape index (κ3) is 4.05. The summed E-state index contributed by atoms with van der Waals surface area (Å²) in [7, 11) is 0. The second-order valence-corrected chi connectivity index (χ2v) is 5.12. The maximum Gasteiger partial charge on any atom is 0.323 e. The smallest absolute Gasteiger partial charge is 0.323 e. The zero-order valence-electron chi connectivity index (χ0n) is 12.4. The zero-order chi connectivity index (χ0) is 15.0. The highest BCUT2D eigenvalue weighted by Gasteiger charge is 2.48. The van der Waals surface area contributed by atoms with Gasteiger partial charge in [0.05, 0.1) is 13.2 Å². The Morgan fingerprint density at radius 1 is 0.950 bits per heavy atom. The second kappa shape index (κ2) is 8.02. The van der Waals surface area contributed by atoms with E-state index in [-0.39, 0.29) is 19.0 Å². The monoisotopic (exact) mass is 284 g/mol. The lowest BCUT2D eigenvalue weighted by Crippen LogP contribution is -2.42. The van der Waals surface area contributed by atoms with Gasteiger partial charge in [-0.1, -0.05) is 6.42 Å². The highest BCUT2D eigenvalue weighted by Crippen LogP contribution is 2.36. The molecule has 0 bridgehead atoms. The number of ketones is 1. The molecule has 0 aromatic heterocycles. The molecule has 20 heavy (non-hydrogen) atoms. The normalized spacial score (nSPS) is 19.4. The van der Waals surface area contributed by atoms with Gasteiger partial charge in [-0.15, -0.1) is 0 Å². The largest absolute Gasteiger partial charge is 0.465 e. The Balaban J connectivity index is 2.96. The molecule has 0 N–H and O–H groups in total. The second-order valence-electron chi connectivity index (χ2n) is 5.12. The van der Waals surface area contributed by atoms with Crippen LogP contribution >= 0.6 is 0 Å². The van der Waals surface area contributed by atoms with Crippen molar-refractivity contribution in [3.8, 4) is 0 Å². The molecule has 1 aliphatic rings. The first-order valence-electron chi connectivity index (χ1n) is 7.43. The number of rotatable bonds is 4. The minimum Gasteiger partial charge on any atom is -0.465 e. The van der Waals surface area contributed by atoms with E-state index in [9.17, 15) is 14.4 Å². The number of carbonyl (C=O) groups is 3. The Labute approximate surface area is 120 Å². The van der Waals surface area contributed by atoms with Crippen LogP contribution in [0.2, 0.25) is 0 Å². The summed E-state index contributed by atoms with van der Waals surface area (Å²) in [5, 5.41) is 0. The van der Waals surface area contributed by atoms with Crippen molar-refractivity contribution in [1.82, 2.24) is 0 Å². The van der Waals surface area contributed by atoms with E-state index in [4.69, 9.17) is 9.47 Å². The fourth-order valence-electron chi connectivity index (χ4n) is 2.62. The Morgan fingerprint density at radius 3 is 2.00 bits per heavy atom. The molecule has 114 valence electrons. The van der Waals surface area contributed by atoms with Crippen molar-refractivity contribution in [2.75, 3.05) is 13.2 Å². The summed E-state index contributed by atoms with van der Waals surface area (Å²) in [6.07, 6.45) is 3.57. The van der Waals surface area contributed by atoms with E-state index in [0.29, 0.717) is 44.9 Å². The first kappa shape index (κ1) is 16.7. The molecule has 1 aliphatic carbocycles. The molecule has 0 atom stereocenters. The lowest BCUT2D eigenvalue weighted by atomic mass is 9.78. The fourth-order valence-corrected chi connectivity index (χ4v) is 2.62. The maximum absolute atomic E-state index is 12.3. The van der Waals surface area contributed by atoms with Gasteiger partial charge in [0.1, 0.15) is 5.78 Å². The van der Waals surface area contributed by atoms with E-state index in [1.54, 1.807) is 13.8 Å². The lowest BCUT2D eigenvalue weighted by Gasteiger charge is -2.28. The molecule has 0 saturated heterocycles. The Kier molecular flexibility index (Phi) is 6.68. The third-order valence-electron chi connectivity index (χ3n) is 3.70. The van der Waals surface area contributed by atoms with E-state index < -0.39 is 17.4 Å². The van der Waals surface area contributed by atoms with Crippen LogP contribution in [0.15, 0.2) is 0 Å². The summed E-state index contributed by atoms with van der Waals surface area (Å²) in [6, 6.07) is 0. The number of carbonyl (C=O) groups excluding carboxylic acids is 3. The molecule has 0 aromatic carbocycles. The quantitative estimate of drug-likeness (QED) is 0.585. The van der Waals surface area contributed by atoms with Crippen LogP contribution in [0.1, 0.15) is 58.8 Å². The zero-order valence-corrected chi connectivity index (χ0v) is 12.4. The van der Waals surface area contributed by atoms with Crippen molar-refractivity contribution in [1.29, 1.82) is 0 Å². The highest BCUT2D eigenvalue weighted by molar-refractivity contribution is 6.00. The van der Waals surface area contributed by atoms with Gasteiger partial charge in [-0.3, -0.25) is 14.4 Å². The van der Waals surface area contributed by atoms with Crippen LogP contribution in [0, 0.1) is 5.41 Å². The number of Topliss-reactive ketones (excluding diaryl/α,β-unsaturated/α-hetero) is 1. The summed E-state index contributed by atoms with van der Waals surface area (Å²) in [5.74, 6) is -0.811. The van der Waals surface area contributed by atoms with Gasteiger partial charge in [0.25, 0.3) is 0 Å². The fraction of sp³-hybridized carbons (Fsp3) is 0.800. The maximum atomic E-state index is 12.3. The first-order chi connectivity index (χ1) is 9.56. The Morgan fingerprint density at radius 2 is 1.45 bits per heavy atom. The molecular weight excluding hydrogens is 260 g/mol. The molecule has 5 heteroatoms. The first-order valence-corrected chi connectivity index (χ1v) is 7.43. The van der Waals surface area contributed by atoms with Crippen LogP contribution in [0.3, 0.4) is 0 Å². The van der Waals surface area contributed by atoms with E-state index in [2.05, 4.69) is 0 Å². The summed E-state index contributed by atoms with van der Waals surface area (Å²) in [6.45, 7) is 3.91. The molecule has 0 unspecified atom stereocenters. The van der Waals surface area contributed by atoms with Gasteiger partial charge in [0, 0.05) is 12.8 Å². The van der Waals surface area contributed by atoms with E-state index in [0.717, 1.165) is 0 Å². The van der Waals surface area contributed by atoms with Crippen LogP contribution in [0.4, 0.5) is 0 Å². The van der Waals surface area contributed by atoms with Crippen molar-refractivity contribution >= 4 is 17.7 Å². The van der Waals surface area contributed by atoms with Crippen LogP contribution in [0.25, 0.3) is 0 Å². The average molecular weight is 284 g/mol. The van der Waals surface area contributed by atoms with Crippen molar-refractivity contribution in [3.05, 3.63) is 0 Å². The molecule has 0 aromatic rings. The predicted octanol–water partition coefficient (Wildman–Crippen LogP) is 2.41. The predicted molar refractivity (Wildman–Crippen MR) is 73.0 cm³/mol. The van der Waals surface area contributed by atoms with Crippen molar-refractivity contribution in [2.45, 2.75) is 58.8 Å². The van der Waals surface area contributed by atoms with Gasteiger partial charge in [0.2, 0.25) is 0 Å². The van der Waals surface area contributed by atoms with Crippen LogP contribution in [-0.4, -0.2) is 30.9 Å². The van der Waals surface area contributed by atoms with Gasteiger partial charge in [0.15, 0.2) is 5.41 Å². The Hall–Kier alpha value is -1.39. The SMILES string of the molecule is CCOC(=O)C1(C(=O)OCC)CCCCC(=O)CCC1. The van der Waals surface area contributed by atoms with Crippen molar-refractivity contribution < 1.29 is 23.9 Å². The molecule has 1 saturated carbocycles. The summed E-state index contributed by atoms with van der Waals surface area (Å²) < 4.78 is 10.2. The van der Waals surface area contributed by atoms with Crippen molar-refractivity contribution in [3.63, 3.8) is 0 Å². The van der Waals surface area contributed by atoms with Gasteiger partial charge in [-0.25, -0.2) is 0 Å². The van der Waals surface area contributed by atoms with E-state index in [1.165, 1.54) is 0 Å². The highest BCUT2D eigenvalue weighted by atomic mass is 16.6. The summed E-state index contributed by atoms with van der Waals surface area (Å²) in [4.78, 5) is 36.1. The number of esters is 2.